The topological polar surface area (TPSA) is 43.4 Å². The van der Waals surface area contributed by atoms with Crippen LogP contribution in [-0.4, -0.2) is 25.3 Å². The summed E-state index contributed by atoms with van der Waals surface area (Å²) in [6.07, 6.45) is 0.293. The zero-order valence-corrected chi connectivity index (χ0v) is 11.4. The number of ketones is 2. The zero-order chi connectivity index (χ0) is 13.7. The molecule has 0 radical (unpaired) electrons. The molecule has 1 aromatic carbocycles. The first-order valence-corrected chi connectivity index (χ1v) is 6.08. The van der Waals surface area contributed by atoms with Crippen molar-refractivity contribution >= 4 is 11.6 Å². The van der Waals surface area contributed by atoms with Crippen LogP contribution >= 0.6 is 0 Å². The van der Waals surface area contributed by atoms with Gasteiger partial charge < -0.3 is 4.74 Å². The Hall–Kier alpha value is -1.48. The van der Waals surface area contributed by atoms with E-state index in [0.717, 1.165) is 11.1 Å². The summed E-state index contributed by atoms with van der Waals surface area (Å²) in [5, 5.41) is 0. The Morgan fingerprint density at radius 2 is 2.00 bits per heavy atom. The van der Waals surface area contributed by atoms with E-state index in [0.29, 0.717) is 18.6 Å². The lowest BCUT2D eigenvalue weighted by molar-refractivity contribution is -0.123. The van der Waals surface area contributed by atoms with Gasteiger partial charge in [0.25, 0.3) is 0 Å². The molecule has 0 heterocycles. The van der Waals surface area contributed by atoms with Gasteiger partial charge in [-0.3, -0.25) is 9.59 Å². The van der Waals surface area contributed by atoms with Crippen LogP contribution in [0.3, 0.4) is 0 Å². The molecule has 18 heavy (non-hydrogen) atoms. The van der Waals surface area contributed by atoms with E-state index in [1.54, 1.807) is 7.11 Å². The molecular formula is C15H20O3. The fraction of sp³-hybridized carbons (Fsp3) is 0.467. The minimum atomic E-state index is -0.143. The lowest BCUT2D eigenvalue weighted by atomic mass is 9.92. The van der Waals surface area contributed by atoms with Crippen LogP contribution in [0.2, 0.25) is 0 Å². The molecule has 1 aromatic rings. The molecular weight excluding hydrogens is 228 g/mol. The van der Waals surface area contributed by atoms with Crippen LogP contribution in [0.5, 0.6) is 0 Å². The Bertz CT molecular complexity index is 449. The van der Waals surface area contributed by atoms with Crippen LogP contribution in [0.4, 0.5) is 0 Å². The smallest absolute Gasteiger partial charge is 0.160 e. The van der Waals surface area contributed by atoms with Gasteiger partial charge in [-0.1, -0.05) is 25.1 Å². The third kappa shape index (κ3) is 3.50. The summed E-state index contributed by atoms with van der Waals surface area (Å²) >= 11 is 0. The number of carbonyl (C=O) groups is 2. The van der Waals surface area contributed by atoms with Crippen molar-refractivity contribution < 1.29 is 14.3 Å². The molecule has 0 saturated heterocycles. The number of carbonyl (C=O) groups excluding carboxylic acids is 2. The Morgan fingerprint density at radius 3 is 2.56 bits per heavy atom. The summed E-state index contributed by atoms with van der Waals surface area (Å²) in [4.78, 5) is 23.6. The monoisotopic (exact) mass is 248 g/mol. The van der Waals surface area contributed by atoms with Gasteiger partial charge in [0, 0.05) is 25.0 Å². The maximum atomic E-state index is 12.0. The summed E-state index contributed by atoms with van der Waals surface area (Å²) in [5.74, 6) is -0.0319. The molecule has 0 N–H and O–H groups in total. The van der Waals surface area contributed by atoms with Crippen molar-refractivity contribution in [2.24, 2.45) is 5.92 Å². The molecule has 0 aliphatic carbocycles. The number of benzene rings is 1. The van der Waals surface area contributed by atoms with E-state index in [1.807, 2.05) is 32.0 Å². The lowest BCUT2D eigenvalue weighted by Gasteiger charge is -2.12. The Morgan fingerprint density at radius 1 is 1.33 bits per heavy atom. The van der Waals surface area contributed by atoms with Crippen molar-refractivity contribution in [1.82, 2.24) is 0 Å². The van der Waals surface area contributed by atoms with Crippen LogP contribution in [-0.2, 0) is 16.0 Å². The molecule has 98 valence electrons. The van der Waals surface area contributed by atoms with Gasteiger partial charge in [0.2, 0.25) is 0 Å². The van der Waals surface area contributed by atoms with E-state index in [2.05, 4.69) is 0 Å². The number of methoxy groups -OCH3 is 1. The number of ether oxygens (including phenoxy) is 1. The highest BCUT2D eigenvalue weighted by atomic mass is 16.5. The molecule has 0 saturated carbocycles. The molecule has 0 bridgehead atoms. The SMILES string of the molecule is COC[C@@H](C)C(=O)Cc1cccc(C)c1C(C)=O. The van der Waals surface area contributed by atoms with Crippen LogP contribution in [0.15, 0.2) is 18.2 Å². The van der Waals surface area contributed by atoms with E-state index in [1.165, 1.54) is 6.92 Å². The van der Waals surface area contributed by atoms with Crippen LogP contribution in [0.1, 0.15) is 35.3 Å². The van der Waals surface area contributed by atoms with Gasteiger partial charge in [-0.15, -0.1) is 0 Å². The van der Waals surface area contributed by atoms with Crippen molar-refractivity contribution in [1.29, 1.82) is 0 Å². The van der Waals surface area contributed by atoms with Crippen LogP contribution in [0.25, 0.3) is 0 Å². The predicted molar refractivity (Wildman–Crippen MR) is 70.9 cm³/mol. The predicted octanol–water partition coefficient (Wildman–Crippen LogP) is 2.59. The highest BCUT2D eigenvalue weighted by Gasteiger charge is 2.17. The second kappa shape index (κ2) is 6.45. The van der Waals surface area contributed by atoms with E-state index in [9.17, 15) is 9.59 Å². The molecule has 0 aliphatic rings. The third-order valence-electron chi connectivity index (χ3n) is 3.04. The van der Waals surface area contributed by atoms with Crippen molar-refractivity contribution in [2.75, 3.05) is 13.7 Å². The molecule has 0 amide bonds. The van der Waals surface area contributed by atoms with Gasteiger partial charge in [-0.2, -0.15) is 0 Å². The fourth-order valence-corrected chi connectivity index (χ4v) is 2.08. The quantitative estimate of drug-likeness (QED) is 0.727. The zero-order valence-electron chi connectivity index (χ0n) is 11.4. The molecule has 1 rings (SSSR count). The largest absolute Gasteiger partial charge is 0.384 e. The standard InChI is InChI=1S/C15H20O3/c1-10-6-5-7-13(15(10)12(3)16)8-14(17)11(2)9-18-4/h5-7,11H,8-9H2,1-4H3/t11-/m1/s1. The Kier molecular flexibility index (Phi) is 5.23. The summed E-state index contributed by atoms with van der Waals surface area (Å²) in [5.41, 5.74) is 2.41. The third-order valence-corrected chi connectivity index (χ3v) is 3.04. The van der Waals surface area contributed by atoms with Gasteiger partial charge in [-0.05, 0) is 25.0 Å². The van der Waals surface area contributed by atoms with Crippen molar-refractivity contribution in [2.45, 2.75) is 27.2 Å². The normalized spacial score (nSPS) is 12.2. The molecule has 3 nitrogen and oxygen atoms in total. The summed E-state index contributed by atoms with van der Waals surface area (Å²) in [6, 6.07) is 5.62. The van der Waals surface area contributed by atoms with Crippen LogP contribution in [0, 0.1) is 12.8 Å². The van der Waals surface area contributed by atoms with Crippen molar-refractivity contribution in [3.05, 3.63) is 34.9 Å². The van der Waals surface area contributed by atoms with E-state index in [-0.39, 0.29) is 17.5 Å². The number of aryl methyl sites for hydroxylation is 1. The van der Waals surface area contributed by atoms with Gasteiger partial charge >= 0.3 is 0 Å². The molecule has 0 spiro atoms. The summed E-state index contributed by atoms with van der Waals surface area (Å²) in [7, 11) is 1.58. The first-order chi connectivity index (χ1) is 8.47. The summed E-state index contributed by atoms with van der Waals surface area (Å²) in [6.45, 7) is 5.69. The molecule has 0 unspecified atom stereocenters. The number of Topliss-reactive ketones (excluding diaryl/α,β-unsaturated/α-hetero) is 2. The van der Waals surface area contributed by atoms with E-state index < -0.39 is 0 Å². The minimum absolute atomic E-state index is 0.00953. The molecule has 0 fully saturated rings. The number of hydrogen-bond donors (Lipinski definition) is 0. The average molecular weight is 248 g/mol. The summed E-state index contributed by atoms with van der Waals surface area (Å²) < 4.78 is 4.98. The Labute approximate surface area is 108 Å². The molecule has 1 atom stereocenters. The van der Waals surface area contributed by atoms with Crippen molar-refractivity contribution in [3.8, 4) is 0 Å². The van der Waals surface area contributed by atoms with Gasteiger partial charge in [0.1, 0.15) is 5.78 Å². The lowest BCUT2D eigenvalue weighted by Crippen LogP contribution is -2.19. The van der Waals surface area contributed by atoms with E-state index >= 15 is 0 Å². The van der Waals surface area contributed by atoms with Gasteiger partial charge in [-0.25, -0.2) is 0 Å². The van der Waals surface area contributed by atoms with E-state index in [4.69, 9.17) is 4.74 Å². The first kappa shape index (κ1) is 14.6. The highest BCUT2D eigenvalue weighted by molar-refractivity contribution is 5.98. The molecule has 0 aromatic heterocycles. The maximum absolute atomic E-state index is 12.0. The average Bonchev–Trinajstić information content (AvgIpc) is 2.28. The van der Waals surface area contributed by atoms with Crippen molar-refractivity contribution in [3.63, 3.8) is 0 Å². The maximum Gasteiger partial charge on any atom is 0.160 e. The fourth-order valence-electron chi connectivity index (χ4n) is 2.08. The minimum Gasteiger partial charge on any atom is -0.384 e. The molecule has 0 aliphatic heterocycles. The molecule has 3 heteroatoms. The second-order valence-electron chi connectivity index (χ2n) is 4.66. The first-order valence-electron chi connectivity index (χ1n) is 6.08. The number of hydrogen-bond acceptors (Lipinski definition) is 3. The van der Waals surface area contributed by atoms with Gasteiger partial charge in [0.05, 0.1) is 6.61 Å². The van der Waals surface area contributed by atoms with Gasteiger partial charge in [0.15, 0.2) is 5.78 Å². The highest BCUT2D eigenvalue weighted by Crippen LogP contribution is 2.17. The Balaban J connectivity index is 2.94. The van der Waals surface area contributed by atoms with Crippen LogP contribution < -0.4 is 0 Å². The second-order valence-corrected chi connectivity index (χ2v) is 4.66. The number of rotatable bonds is 6.